The predicted molar refractivity (Wildman–Crippen MR) is 76.1 cm³/mol. The first-order valence-corrected chi connectivity index (χ1v) is 6.88. The van der Waals surface area contributed by atoms with Gasteiger partial charge in [0.25, 0.3) is 0 Å². The standard InChI is InChI=1S/C17H15NO/c1-2-6-12(7-3-1)17-18-15-10-13-8-4-5-9-14(13)11-16(15)19-17/h1-3,6-7,10-11H,4-5,8-9H2. The number of aromatic nitrogens is 1. The lowest BCUT2D eigenvalue weighted by Gasteiger charge is -2.14. The summed E-state index contributed by atoms with van der Waals surface area (Å²) in [5.74, 6) is 0.720. The van der Waals surface area contributed by atoms with E-state index in [2.05, 4.69) is 17.1 Å². The topological polar surface area (TPSA) is 26.0 Å². The van der Waals surface area contributed by atoms with Crippen molar-refractivity contribution in [2.75, 3.05) is 0 Å². The van der Waals surface area contributed by atoms with Gasteiger partial charge >= 0.3 is 0 Å². The minimum Gasteiger partial charge on any atom is -0.436 e. The summed E-state index contributed by atoms with van der Waals surface area (Å²) in [6, 6.07) is 14.5. The van der Waals surface area contributed by atoms with Crippen LogP contribution in [0.5, 0.6) is 0 Å². The fourth-order valence-corrected chi connectivity index (χ4v) is 2.86. The van der Waals surface area contributed by atoms with E-state index in [0.717, 1.165) is 22.6 Å². The van der Waals surface area contributed by atoms with Crippen LogP contribution in [0.15, 0.2) is 46.9 Å². The maximum atomic E-state index is 5.91. The maximum Gasteiger partial charge on any atom is 0.227 e. The number of oxazole rings is 1. The number of benzene rings is 2. The number of hydrogen-bond acceptors (Lipinski definition) is 2. The number of hydrogen-bond donors (Lipinski definition) is 0. The van der Waals surface area contributed by atoms with Crippen LogP contribution in [0.4, 0.5) is 0 Å². The second-order valence-corrected chi connectivity index (χ2v) is 5.18. The third kappa shape index (κ3) is 1.84. The van der Waals surface area contributed by atoms with Gasteiger partial charge in [-0.05, 0) is 61.1 Å². The van der Waals surface area contributed by atoms with E-state index in [-0.39, 0.29) is 0 Å². The minimum atomic E-state index is 0.720. The molecule has 1 aromatic heterocycles. The molecule has 0 unspecified atom stereocenters. The molecule has 4 rings (SSSR count). The molecule has 94 valence electrons. The molecule has 0 spiro atoms. The molecule has 0 atom stereocenters. The Hall–Kier alpha value is -2.09. The molecule has 1 heterocycles. The zero-order valence-electron chi connectivity index (χ0n) is 10.7. The van der Waals surface area contributed by atoms with Crippen LogP contribution < -0.4 is 0 Å². The van der Waals surface area contributed by atoms with Gasteiger partial charge in [0.15, 0.2) is 5.58 Å². The summed E-state index contributed by atoms with van der Waals surface area (Å²) in [7, 11) is 0. The Labute approximate surface area is 112 Å². The first-order valence-electron chi connectivity index (χ1n) is 6.88. The molecule has 3 aromatic rings. The Bertz CT molecular complexity index is 685. The molecule has 0 radical (unpaired) electrons. The third-order valence-electron chi connectivity index (χ3n) is 3.87. The van der Waals surface area contributed by atoms with Crippen molar-refractivity contribution in [3.63, 3.8) is 0 Å². The number of aryl methyl sites for hydroxylation is 2. The zero-order valence-corrected chi connectivity index (χ0v) is 10.7. The summed E-state index contributed by atoms with van der Waals surface area (Å²) < 4.78 is 5.91. The van der Waals surface area contributed by atoms with Gasteiger partial charge in [-0.2, -0.15) is 0 Å². The van der Waals surface area contributed by atoms with E-state index in [1.165, 1.54) is 36.8 Å². The number of nitrogens with zero attached hydrogens (tertiary/aromatic N) is 1. The van der Waals surface area contributed by atoms with Gasteiger partial charge < -0.3 is 4.42 Å². The lowest BCUT2D eigenvalue weighted by atomic mass is 9.91. The van der Waals surface area contributed by atoms with Crippen molar-refractivity contribution in [1.29, 1.82) is 0 Å². The van der Waals surface area contributed by atoms with Crippen molar-refractivity contribution in [2.24, 2.45) is 0 Å². The zero-order chi connectivity index (χ0) is 12.7. The molecule has 1 aliphatic carbocycles. The van der Waals surface area contributed by atoms with Crippen LogP contribution in [0.1, 0.15) is 24.0 Å². The van der Waals surface area contributed by atoms with Crippen LogP contribution in [0.3, 0.4) is 0 Å². The molecule has 2 nitrogen and oxygen atoms in total. The molecule has 0 fully saturated rings. The highest BCUT2D eigenvalue weighted by atomic mass is 16.3. The Balaban J connectivity index is 1.87. The quantitative estimate of drug-likeness (QED) is 0.640. The van der Waals surface area contributed by atoms with Gasteiger partial charge in [0, 0.05) is 5.56 Å². The van der Waals surface area contributed by atoms with E-state index < -0.39 is 0 Å². The molecular formula is C17H15NO. The molecule has 2 heteroatoms. The third-order valence-corrected chi connectivity index (χ3v) is 3.87. The van der Waals surface area contributed by atoms with E-state index >= 15 is 0 Å². The Morgan fingerprint density at radius 1 is 0.895 bits per heavy atom. The Morgan fingerprint density at radius 2 is 1.63 bits per heavy atom. The van der Waals surface area contributed by atoms with E-state index in [0.29, 0.717) is 0 Å². The predicted octanol–water partition coefficient (Wildman–Crippen LogP) is 4.37. The Kier molecular flexibility index (Phi) is 2.41. The average Bonchev–Trinajstić information content (AvgIpc) is 2.88. The van der Waals surface area contributed by atoms with E-state index in [1.54, 1.807) is 0 Å². The van der Waals surface area contributed by atoms with Crippen molar-refractivity contribution >= 4 is 11.1 Å². The van der Waals surface area contributed by atoms with Crippen molar-refractivity contribution < 1.29 is 4.42 Å². The molecule has 1 aliphatic rings. The summed E-state index contributed by atoms with van der Waals surface area (Å²) in [5, 5.41) is 0. The van der Waals surface area contributed by atoms with Crippen LogP contribution in [0.25, 0.3) is 22.6 Å². The van der Waals surface area contributed by atoms with Gasteiger partial charge in [0.2, 0.25) is 5.89 Å². The average molecular weight is 249 g/mol. The van der Waals surface area contributed by atoms with Gasteiger partial charge in [-0.25, -0.2) is 4.98 Å². The first-order chi connectivity index (χ1) is 9.40. The highest BCUT2D eigenvalue weighted by molar-refractivity contribution is 5.78. The lowest BCUT2D eigenvalue weighted by molar-refractivity contribution is 0.617. The molecule has 0 aliphatic heterocycles. The highest BCUT2D eigenvalue weighted by Crippen LogP contribution is 2.29. The molecule has 0 N–H and O–H groups in total. The smallest absolute Gasteiger partial charge is 0.227 e. The molecule has 0 amide bonds. The SMILES string of the molecule is c1ccc(-c2nc3cc4c(cc3o2)CCCC4)cc1. The van der Waals surface area contributed by atoms with Crippen molar-refractivity contribution in [2.45, 2.75) is 25.7 Å². The second-order valence-electron chi connectivity index (χ2n) is 5.18. The fourth-order valence-electron chi connectivity index (χ4n) is 2.86. The normalized spacial score (nSPS) is 14.5. The van der Waals surface area contributed by atoms with Gasteiger partial charge in [-0.15, -0.1) is 0 Å². The number of rotatable bonds is 1. The van der Waals surface area contributed by atoms with E-state index in [4.69, 9.17) is 4.42 Å². The summed E-state index contributed by atoms with van der Waals surface area (Å²) in [5.41, 5.74) is 5.83. The van der Waals surface area contributed by atoms with Crippen LogP contribution >= 0.6 is 0 Å². The molecule has 0 saturated heterocycles. The largest absolute Gasteiger partial charge is 0.436 e. The van der Waals surface area contributed by atoms with E-state index in [1.807, 2.05) is 30.3 Å². The maximum absolute atomic E-state index is 5.91. The molecule has 2 aromatic carbocycles. The molecule has 0 bridgehead atoms. The molecular weight excluding hydrogens is 234 g/mol. The molecule has 0 saturated carbocycles. The second kappa shape index (κ2) is 4.23. The van der Waals surface area contributed by atoms with Crippen molar-refractivity contribution in [3.05, 3.63) is 53.6 Å². The summed E-state index contributed by atoms with van der Waals surface area (Å²) in [6.45, 7) is 0. The molecule has 19 heavy (non-hydrogen) atoms. The number of fused-ring (bicyclic) bond motifs is 2. The fraction of sp³-hybridized carbons (Fsp3) is 0.235. The first kappa shape index (κ1) is 10.8. The van der Waals surface area contributed by atoms with Crippen molar-refractivity contribution in [3.8, 4) is 11.5 Å². The van der Waals surface area contributed by atoms with Crippen LogP contribution in [-0.4, -0.2) is 4.98 Å². The summed E-state index contributed by atoms with van der Waals surface area (Å²) in [4.78, 5) is 4.62. The van der Waals surface area contributed by atoms with Gasteiger partial charge in [0.1, 0.15) is 5.52 Å². The van der Waals surface area contributed by atoms with Crippen LogP contribution in [-0.2, 0) is 12.8 Å². The van der Waals surface area contributed by atoms with Crippen LogP contribution in [0.2, 0.25) is 0 Å². The lowest BCUT2D eigenvalue weighted by Crippen LogP contribution is -2.01. The Morgan fingerprint density at radius 3 is 2.42 bits per heavy atom. The minimum absolute atomic E-state index is 0.720. The van der Waals surface area contributed by atoms with Crippen molar-refractivity contribution in [1.82, 2.24) is 4.98 Å². The summed E-state index contributed by atoms with van der Waals surface area (Å²) >= 11 is 0. The van der Waals surface area contributed by atoms with Gasteiger partial charge in [0.05, 0.1) is 0 Å². The van der Waals surface area contributed by atoms with E-state index in [9.17, 15) is 0 Å². The van der Waals surface area contributed by atoms with Gasteiger partial charge in [-0.1, -0.05) is 18.2 Å². The van der Waals surface area contributed by atoms with Gasteiger partial charge in [-0.3, -0.25) is 0 Å². The highest BCUT2D eigenvalue weighted by Gasteiger charge is 2.14. The monoisotopic (exact) mass is 249 g/mol. The van der Waals surface area contributed by atoms with Crippen LogP contribution in [0, 0.1) is 0 Å². The summed E-state index contributed by atoms with van der Waals surface area (Å²) in [6.07, 6.45) is 4.94.